The molecule has 0 fully saturated rings. The minimum absolute atomic E-state index is 0.369. The van der Waals surface area contributed by atoms with E-state index in [1.54, 1.807) is 6.07 Å². The predicted octanol–water partition coefficient (Wildman–Crippen LogP) is 9.19. The Hall–Kier alpha value is -3.72. The van der Waals surface area contributed by atoms with E-state index in [0.717, 1.165) is 59.4 Å². The number of unbranched alkanes of at least 4 members (excludes halogenated alkanes) is 2. The largest absolute Gasteiger partial charge is 0.328 e. The average molecular weight is 688 g/mol. The van der Waals surface area contributed by atoms with Gasteiger partial charge in [-0.05, 0) is 62.4 Å². The van der Waals surface area contributed by atoms with Gasteiger partial charge >= 0.3 is 0 Å². The van der Waals surface area contributed by atoms with Crippen LogP contribution in [0, 0.1) is 0 Å². The number of imidazole rings is 1. The summed E-state index contributed by atoms with van der Waals surface area (Å²) in [5.41, 5.74) is 8.54. The van der Waals surface area contributed by atoms with E-state index in [1.807, 2.05) is 118 Å². The van der Waals surface area contributed by atoms with Gasteiger partial charge in [0.1, 0.15) is 11.9 Å². The Morgan fingerprint density at radius 2 is 1.35 bits per heavy atom. The van der Waals surface area contributed by atoms with Crippen LogP contribution < -0.4 is 11.0 Å². The molecule has 0 saturated heterocycles. The van der Waals surface area contributed by atoms with Crippen molar-refractivity contribution in [1.29, 1.82) is 0 Å². The molecule has 0 unspecified atom stereocenters. The highest BCUT2D eigenvalue weighted by Gasteiger charge is 2.39. The van der Waals surface area contributed by atoms with Gasteiger partial charge in [-0.1, -0.05) is 134 Å². The zero-order chi connectivity index (χ0) is 34.1. The van der Waals surface area contributed by atoms with E-state index in [-0.39, 0.29) is 5.91 Å². The van der Waals surface area contributed by atoms with Gasteiger partial charge in [0.25, 0.3) is 5.91 Å². The van der Waals surface area contributed by atoms with Crippen LogP contribution in [0.1, 0.15) is 75.9 Å². The van der Waals surface area contributed by atoms with Crippen LogP contribution in [0.5, 0.6) is 0 Å². The number of carbonyl (C=O) groups excluding carboxylic acids is 1. The Bertz CT molecular complexity index is 1680. The van der Waals surface area contributed by atoms with Crippen molar-refractivity contribution in [3.8, 4) is 0 Å². The molecule has 48 heavy (non-hydrogen) atoms. The van der Waals surface area contributed by atoms with Crippen molar-refractivity contribution in [2.75, 3.05) is 0 Å². The molecule has 4 aromatic carbocycles. The minimum Gasteiger partial charge on any atom is -0.328 e. The van der Waals surface area contributed by atoms with Crippen LogP contribution in [0.25, 0.3) is 11.0 Å². The van der Waals surface area contributed by atoms with Gasteiger partial charge in [-0.25, -0.2) is 10.5 Å². The number of halogens is 2. The number of rotatable bonds is 15. The second-order valence-electron chi connectivity index (χ2n) is 12.9. The summed E-state index contributed by atoms with van der Waals surface area (Å²) in [6.45, 7) is 8.75. The number of nitrogens with one attached hydrogen (secondary N) is 2. The van der Waals surface area contributed by atoms with Crippen molar-refractivity contribution in [1.82, 2.24) is 20.5 Å². The Labute approximate surface area is 293 Å². The van der Waals surface area contributed by atoms with Gasteiger partial charge in [0.15, 0.2) is 5.60 Å². The highest BCUT2D eigenvalue weighted by atomic mass is 35.5. The van der Waals surface area contributed by atoms with Gasteiger partial charge < -0.3 is 4.57 Å². The van der Waals surface area contributed by atoms with Crippen molar-refractivity contribution in [3.05, 3.63) is 136 Å². The SMILES string of the molecule is CCCCCn1c(CC[C@H](NOC(C)(C)C)C(=O)NOC(c2ccccc2)(c2ccccc2)c2ccccc2)nc2cc(Cl)c(Cl)cc21. The molecule has 7 nitrogen and oxygen atoms in total. The van der Waals surface area contributed by atoms with E-state index >= 15 is 0 Å². The van der Waals surface area contributed by atoms with Crippen LogP contribution in [0.15, 0.2) is 103 Å². The Morgan fingerprint density at radius 1 is 0.812 bits per heavy atom. The molecular weight excluding hydrogens is 643 g/mol. The molecule has 1 atom stereocenters. The second-order valence-corrected chi connectivity index (χ2v) is 13.7. The molecule has 0 aliphatic heterocycles. The van der Waals surface area contributed by atoms with Gasteiger partial charge in [-0.15, -0.1) is 0 Å². The first-order valence-corrected chi connectivity index (χ1v) is 17.3. The van der Waals surface area contributed by atoms with Gasteiger partial charge in [0, 0.05) is 13.0 Å². The molecule has 5 aromatic rings. The first-order chi connectivity index (χ1) is 23.1. The zero-order valence-corrected chi connectivity index (χ0v) is 29.5. The number of aromatic nitrogens is 2. The predicted molar refractivity (Wildman–Crippen MR) is 194 cm³/mol. The van der Waals surface area contributed by atoms with E-state index in [1.165, 1.54) is 0 Å². The molecule has 5 rings (SSSR count). The molecule has 0 radical (unpaired) electrons. The number of aryl methyl sites for hydroxylation is 2. The third-order valence-electron chi connectivity index (χ3n) is 8.18. The van der Waals surface area contributed by atoms with Crippen molar-refractivity contribution in [3.63, 3.8) is 0 Å². The molecule has 0 aliphatic rings. The highest BCUT2D eigenvalue weighted by Crippen LogP contribution is 2.39. The summed E-state index contributed by atoms with van der Waals surface area (Å²) in [6, 6.07) is 32.6. The van der Waals surface area contributed by atoms with E-state index in [4.69, 9.17) is 37.9 Å². The van der Waals surface area contributed by atoms with E-state index in [0.29, 0.717) is 22.9 Å². The van der Waals surface area contributed by atoms with Crippen LogP contribution in [-0.2, 0) is 33.0 Å². The number of amides is 1. The van der Waals surface area contributed by atoms with Crippen molar-refractivity contribution in [2.45, 2.75) is 83.6 Å². The summed E-state index contributed by atoms with van der Waals surface area (Å²) in [5, 5.41) is 0.947. The summed E-state index contributed by atoms with van der Waals surface area (Å²) in [4.78, 5) is 31.7. The number of benzene rings is 4. The highest BCUT2D eigenvalue weighted by molar-refractivity contribution is 6.42. The van der Waals surface area contributed by atoms with E-state index in [2.05, 4.69) is 22.5 Å². The summed E-state index contributed by atoms with van der Waals surface area (Å²) in [7, 11) is 0. The fourth-order valence-corrected chi connectivity index (χ4v) is 6.10. The number of fused-ring (bicyclic) bond motifs is 1. The third kappa shape index (κ3) is 8.46. The Morgan fingerprint density at radius 3 is 1.88 bits per heavy atom. The maximum absolute atomic E-state index is 14.1. The third-order valence-corrected chi connectivity index (χ3v) is 8.90. The van der Waals surface area contributed by atoms with Crippen molar-refractivity contribution < 1.29 is 14.5 Å². The Balaban J connectivity index is 1.46. The molecule has 0 bridgehead atoms. The minimum atomic E-state index is -1.12. The van der Waals surface area contributed by atoms with Gasteiger partial charge in [0.05, 0.1) is 26.7 Å². The summed E-state index contributed by atoms with van der Waals surface area (Å²) >= 11 is 12.8. The molecule has 0 aliphatic carbocycles. The number of nitrogens with zero attached hydrogens (tertiary/aromatic N) is 2. The lowest BCUT2D eigenvalue weighted by molar-refractivity contribution is -0.155. The second kappa shape index (κ2) is 16.1. The van der Waals surface area contributed by atoms with Crippen molar-refractivity contribution in [2.24, 2.45) is 0 Å². The lowest BCUT2D eigenvalue weighted by Crippen LogP contribution is -2.49. The van der Waals surface area contributed by atoms with Gasteiger partial charge in [-0.3, -0.25) is 14.5 Å². The summed E-state index contributed by atoms with van der Waals surface area (Å²) in [5.74, 6) is 0.481. The standard InChI is InChI=1S/C39H44Cl2N4O3/c1-5-6-16-25-45-35-27-32(41)31(40)26-34(35)42-36(45)24-23-33(43-47-38(2,3)4)37(46)44-48-39(28-17-10-7-11-18-28,29-19-12-8-13-20-29)30-21-14-9-15-22-30/h7-15,17-22,26-27,33,43H,5-6,16,23-25H2,1-4H3,(H,44,46)/t33-/m0/s1. The smallest absolute Gasteiger partial charge is 0.263 e. The molecular formula is C39H44Cl2N4O3. The molecule has 0 saturated carbocycles. The lowest BCUT2D eigenvalue weighted by atomic mass is 9.80. The lowest BCUT2D eigenvalue weighted by Gasteiger charge is -2.35. The van der Waals surface area contributed by atoms with Crippen LogP contribution in [0.2, 0.25) is 10.0 Å². The first kappa shape index (κ1) is 35.6. The molecule has 1 amide bonds. The first-order valence-electron chi connectivity index (χ1n) is 16.5. The number of hydroxylamine groups is 2. The average Bonchev–Trinajstić information content (AvgIpc) is 3.41. The molecule has 1 aromatic heterocycles. The van der Waals surface area contributed by atoms with Crippen LogP contribution in [-0.4, -0.2) is 27.1 Å². The molecule has 2 N–H and O–H groups in total. The number of carbonyl (C=O) groups is 1. The molecule has 1 heterocycles. The van der Waals surface area contributed by atoms with Crippen LogP contribution >= 0.6 is 23.2 Å². The maximum Gasteiger partial charge on any atom is 0.263 e. The number of hydrogen-bond acceptors (Lipinski definition) is 5. The van der Waals surface area contributed by atoms with E-state index < -0.39 is 17.2 Å². The fourth-order valence-electron chi connectivity index (χ4n) is 5.79. The van der Waals surface area contributed by atoms with Crippen LogP contribution in [0.3, 0.4) is 0 Å². The monoisotopic (exact) mass is 686 g/mol. The quantitative estimate of drug-likeness (QED) is 0.0652. The van der Waals surface area contributed by atoms with Crippen LogP contribution in [0.4, 0.5) is 0 Å². The molecule has 0 spiro atoms. The van der Waals surface area contributed by atoms with Gasteiger partial charge in [-0.2, -0.15) is 5.48 Å². The molecule has 252 valence electrons. The fraction of sp³-hybridized carbons (Fsp3) is 0.333. The maximum atomic E-state index is 14.1. The van der Waals surface area contributed by atoms with E-state index in [9.17, 15) is 4.79 Å². The zero-order valence-electron chi connectivity index (χ0n) is 28.0. The summed E-state index contributed by atoms with van der Waals surface area (Å²) < 4.78 is 2.19. The topological polar surface area (TPSA) is 77.4 Å². The normalized spacial score (nSPS) is 12.7. The van der Waals surface area contributed by atoms with Crippen molar-refractivity contribution >= 4 is 40.1 Å². The molecule has 9 heteroatoms. The number of hydrogen-bond donors (Lipinski definition) is 2. The summed E-state index contributed by atoms with van der Waals surface area (Å²) in [6.07, 6.45) is 4.07. The Kier molecular flexibility index (Phi) is 11.9. The van der Waals surface area contributed by atoms with Gasteiger partial charge in [0.2, 0.25) is 0 Å².